The number of aromatic carboxylic acids is 1. The molecule has 0 aromatic carbocycles. The topological polar surface area (TPSA) is 66.3 Å². The van der Waals surface area contributed by atoms with Crippen LogP contribution in [0.4, 0.5) is 5.82 Å². The van der Waals surface area contributed by atoms with Gasteiger partial charge in [-0.3, -0.25) is 0 Å². The second-order valence-corrected chi connectivity index (χ2v) is 4.88. The first-order chi connectivity index (χ1) is 9.19. The van der Waals surface area contributed by atoms with Crippen molar-refractivity contribution in [1.82, 2.24) is 10.2 Å². The van der Waals surface area contributed by atoms with Crippen LogP contribution in [0.2, 0.25) is 0 Å². The summed E-state index contributed by atoms with van der Waals surface area (Å²) in [6.07, 6.45) is 4.80. The van der Waals surface area contributed by atoms with E-state index in [0.29, 0.717) is 17.8 Å². The molecule has 0 aliphatic carbocycles. The van der Waals surface area contributed by atoms with Gasteiger partial charge in [-0.25, -0.2) is 4.79 Å². The van der Waals surface area contributed by atoms with Crippen molar-refractivity contribution in [3.8, 4) is 0 Å². The fraction of sp³-hybridized carbons (Fsp3) is 0.643. The van der Waals surface area contributed by atoms with E-state index in [2.05, 4.69) is 15.1 Å². The van der Waals surface area contributed by atoms with E-state index in [4.69, 9.17) is 0 Å². The molecule has 5 nitrogen and oxygen atoms in total. The summed E-state index contributed by atoms with van der Waals surface area (Å²) in [5, 5.41) is 18.0. The van der Waals surface area contributed by atoms with Gasteiger partial charge in [0.15, 0.2) is 5.82 Å². The van der Waals surface area contributed by atoms with Crippen LogP contribution < -0.4 is 4.90 Å². The highest BCUT2D eigenvalue weighted by atomic mass is 16.4. The fourth-order valence-corrected chi connectivity index (χ4v) is 2.71. The highest BCUT2D eigenvalue weighted by Crippen LogP contribution is 2.26. The summed E-state index contributed by atoms with van der Waals surface area (Å²) in [7, 11) is 0. The average Bonchev–Trinajstić information content (AvgIpc) is 2.46. The number of anilines is 1. The molecule has 1 N–H and O–H groups in total. The van der Waals surface area contributed by atoms with E-state index in [9.17, 15) is 9.90 Å². The molecule has 1 aliphatic heterocycles. The summed E-state index contributed by atoms with van der Waals surface area (Å²) in [5.74, 6) is -0.330. The van der Waals surface area contributed by atoms with Gasteiger partial charge in [0.05, 0.1) is 5.69 Å². The Labute approximate surface area is 113 Å². The van der Waals surface area contributed by atoms with E-state index >= 15 is 0 Å². The number of aromatic nitrogens is 2. The summed E-state index contributed by atoms with van der Waals surface area (Å²) in [6, 6.07) is 0. The second kappa shape index (κ2) is 5.99. The lowest BCUT2D eigenvalue weighted by molar-refractivity contribution is 0.0695. The number of hydrogen-bond donors (Lipinski definition) is 1. The quantitative estimate of drug-likeness (QED) is 0.902. The highest BCUT2D eigenvalue weighted by Gasteiger charge is 2.24. The molecular formula is C14H21N3O2. The zero-order chi connectivity index (χ0) is 13.8. The summed E-state index contributed by atoms with van der Waals surface area (Å²) in [6.45, 7) is 5.71. The number of piperidine rings is 1. The molecule has 104 valence electrons. The van der Waals surface area contributed by atoms with Crippen molar-refractivity contribution in [2.45, 2.75) is 46.0 Å². The van der Waals surface area contributed by atoms with E-state index in [1.54, 1.807) is 0 Å². The van der Waals surface area contributed by atoms with Gasteiger partial charge in [0, 0.05) is 13.1 Å². The minimum atomic E-state index is -0.887. The molecule has 0 radical (unpaired) electrons. The summed E-state index contributed by atoms with van der Waals surface area (Å²) < 4.78 is 0. The molecule has 1 fully saturated rings. The van der Waals surface area contributed by atoms with Crippen molar-refractivity contribution in [3.63, 3.8) is 0 Å². The Balaban J connectivity index is 2.50. The van der Waals surface area contributed by atoms with Gasteiger partial charge in [-0.15, -0.1) is 5.10 Å². The monoisotopic (exact) mass is 263 g/mol. The third-order valence-corrected chi connectivity index (χ3v) is 3.70. The SMILES string of the molecule is CCc1nnc(N2CCCCC2)c(C(=O)O)c1CC. The average molecular weight is 263 g/mol. The maximum atomic E-state index is 11.6. The van der Waals surface area contributed by atoms with Gasteiger partial charge in [-0.05, 0) is 37.7 Å². The molecule has 1 aliphatic rings. The molecular weight excluding hydrogens is 242 g/mol. The van der Waals surface area contributed by atoms with Gasteiger partial charge in [-0.2, -0.15) is 5.10 Å². The lowest BCUT2D eigenvalue weighted by atomic mass is 10.0. The summed E-state index contributed by atoms with van der Waals surface area (Å²) >= 11 is 0. The normalized spacial score (nSPS) is 15.6. The van der Waals surface area contributed by atoms with Crippen LogP contribution in [0.1, 0.15) is 54.7 Å². The molecule has 1 saturated heterocycles. The van der Waals surface area contributed by atoms with E-state index in [-0.39, 0.29) is 0 Å². The van der Waals surface area contributed by atoms with Gasteiger partial charge in [0.1, 0.15) is 5.56 Å². The minimum Gasteiger partial charge on any atom is -0.478 e. The Morgan fingerprint density at radius 2 is 1.84 bits per heavy atom. The third kappa shape index (κ3) is 2.69. The van der Waals surface area contributed by atoms with Crippen molar-refractivity contribution < 1.29 is 9.90 Å². The fourth-order valence-electron chi connectivity index (χ4n) is 2.71. The number of carboxylic acid groups (broad SMARTS) is 1. The van der Waals surface area contributed by atoms with Crippen LogP contribution in [-0.4, -0.2) is 34.4 Å². The Kier molecular flexibility index (Phi) is 4.35. The second-order valence-electron chi connectivity index (χ2n) is 4.88. The lowest BCUT2D eigenvalue weighted by Crippen LogP contribution is -2.32. The summed E-state index contributed by atoms with van der Waals surface area (Å²) in [4.78, 5) is 13.7. The molecule has 5 heteroatoms. The van der Waals surface area contributed by atoms with Crippen LogP contribution in [0.15, 0.2) is 0 Å². The van der Waals surface area contributed by atoms with Gasteiger partial charge in [0.25, 0.3) is 0 Å². The van der Waals surface area contributed by atoms with Gasteiger partial charge >= 0.3 is 5.97 Å². The first kappa shape index (κ1) is 13.8. The standard InChI is InChI=1S/C14H21N3O2/c1-3-10-11(4-2)15-16-13(12(10)14(18)19)17-8-6-5-7-9-17/h3-9H2,1-2H3,(H,18,19). The first-order valence-corrected chi connectivity index (χ1v) is 7.05. The molecule has 2 heterocycles. The molecule has 0 spiro atoms. The van der Waals surface area contributed by atoms with Crippen LogP contribution in [0, 0.1) is 0 Å². The third-order valence-electron chi connectivity index (χ3n) is 3.70. The number of hydrogen-bond acceptors (Lipinski definition) is 4. The Morgan fingerprint density at radius 1 is 1.16 bits per heavy atom. The Bertz CT molecular complexity index is 468. The van der Waals surface area contributed by atoms with Crippen LogP contribution in [-0.2, 0) is 12.8 Å². The first-order valence-electron chi connectivity index (χ1n) is 7.05. The molecule has 19 heavy (non-hydrogen) atoms. The molecule has 2 rings (SSSR count). The van der Waals surface area contributed by atoms with Gasteiger partial charge < -0.3 is 10.0 Å². The van der Waals surface area contributed by atoms with Crippen LogP contribution in [0.3, 0.4) is 0 Å². The van der Waals surface area contributed by atoms with Crippen LogP contribution in [0.5, 0.6) is 0 Å². The smallest absolute Gasteiger partial charge is 0.339 e. The van der Waals surface area contributed by atoms with Crippen molar-refractivity contribution in [2.24, 2.45) is 0 Å². The molecule has 1 aromatic heterocycles. The van der Waals surface area contributed by atoms with Crippen molar-refractivity contribution in [1.29, 1.82) is 0 Å². The maximum absolute atomic E-state index is 11.6. The molecule has 0 amide bonds. The Hall–Kier alpha value is -1.65. The van der Waals surface area contributed by atoms with Crippen molar-refractivity contribution in [2.75, 3.05) is 18.0 Å². The van der Waals surface area contributed by atoms with Gasteiger partial charge in [0.2, 0.25) is 0 Å². The van der Waals surface area contributed by atoms with E-state index in [0.717, 1.165) is 43.6 Å². The largest absolute Gasteiger partial charge is 0.478 e. The summed E-state index contributed by atoms with van der Waals surface area (Å²) in [5.41, 5.74) is 2.00. The Morgan fingerprint density at radius 3 is 2.37 bits per heavy atom. The zero-order valence-corrected chi connectivity index (χ0v) is 11.6. The minimum absolute atomic E-state index is 0.358. The lowest BCUT2D eigenvalue weighted by Gasteiger charge is -2.29. The van der Waals surface area contributed by atoms with Crippen LogP contribution in [0.25, 0.3) is 0 Å². The molecule has 0 saturated carbocycles. The van der Waals surface area contributed by atoms with Crippen molar-refractivity contribution in [3.05, 3.63) is 16.8 Å². The molecule has 0 atom stereocenters. The maximum Gasteiger partial charge on any atom is 0.339 e. The number of carbonyl (C=O) groups is 1. The highest BCUT2D eigenvalue weighted by molar-refractivity contribution is 5.95. The predicted molar refractivity (Wildman–Crippen MR) is 73.8 cm³/mol. The van der Waals surface area contributed by atoms with E-state index < -0.39 is 5.97 Å². The number of carboxylic acids is 1. The van der Waals surface area contributed by atoms with E-state index in [1.807, 2.05) is 13.8 Å². The van der Waals surface area contributed by atoms with Crippen LogP contribution >= 0.6 is 0 Å². The number of nitrogens with zero attached hydrogens (tertiary/aromatic N) is 3. The van der Waals surface area contributed by atoms with E-state index in [1.165, 1.54) is 6.42 Å². The number of aryl methyl sites for hydroxylation is 1. The zero-order valence-electron chi connectivity index (χ0n) is 11.6. The molecule has 0 bridgehead atoms. The number of rotatable bonds is 4. The van der Waals surface area contributed by atoms with Crippen molar-refractivity contribution >= 4 is 11.8 Å². The molecule has 0 unspecified atom stereocenters. The molecule has 1 aromatic rings. The van der Waals surface area contributed by atoms with Gasteiger partial charge in [-0.1, -0.05) is 13.8 Å². The predicted octanol–water partition coefficient (Wildman–Crippen LogP) is 2.29.